The zero-order chi connectivity index (χ0) is 12.7. The van der Waals surface area contributed by atoms with E-state index in [1.807, 2.05) is 12.1 Å². The minimum Gasteiger partial charge on any atom is -0.454 e. The first kappa shape index (κ1) is 11.3. The van der Waals surface area contributed by atoms with Crippen molar-refractivity contribution in [2.24, 2.45) is 5.73 Å². The van der Waals surface area contributed by atoms with Crippen LogP contribution in [0.15, 0.2) is 12.1 Å². The van der Waals surface area contributed by atoms with Crippen molar-refractivity contribution in [2.45, 2.75) is 31.8 Å². The number of carbonyl (C=O) groups is 1. The van der Waals surface area contributed by atoms with Crippen LogP contribution in [0.5, 0.6) is 11.5 Å². The van der Waals surface area contributed by atoms with Gasteiger partial charge in [0.25, 0.3) is 0 Å². The van der Waals surface area contributed by atoms with Crippen LogP contribution in [-0.2, 0) is 17.6 Å². The Morgan fingerprint density at radius 3 is 2.39 bits per heavy atom. The fourth-order valence-electron chi connectivity index (χ4n) is 2.44. The average molecular weight is 248 g/mol. The zero-order valence-electron chi connectivity index (χ0n) is 10.2. The molecule has 1 aliphatic heterocycles. The molecular weight excluding hydrogens is 232 g/mol. The van der Waals surface area contributed by atoms with E-state index in [-0.39, 0.29) is 11.9 Å². The normalized spacial score (nSPS) is 18.6. The van der Waals surface area contributed by atoms with Crippen molar-refractivity contribution in [3.8, 4) is 11.5 Å². The van der Waals surface area contributed by atoms with Crippen molar-refractivity contribution in [1.82, 2.24) is 5.32 Å². The van der Waals surface area contributed by atoms with E-state index in [0.717, 1.165) is 24.3 Å². The molecule has 1 aromatic rings. The van der Waals surface area contributed by atoms with Gasteiger partial charge in [0.15, 0.2) is 11.5 Å². The lowest BCUT2D eigenvalue weighted by molar-refractivity contribution is -0.122. The van der Waals surface area contributed by atoms with Gasteiger partial charge in [-0.05, 0) is 43.0 Å². The first-order valence-corrected chi connectivity index (χ1v) is 6.11. The summed E-state index contributed by atoms with van der Waals surface area (Å²) in [5, 5.41) is 2.95. The highest BCUT2D eigenvalue weighted by Gasteiger charge is 2.27. The Morgan fingerprint density at radius 2 is 1.89 bits per heavy atom. The summed E-state index contributed by atoms with van der Waals surface area (Å²) in [6.07, 6.45) is 1.65. The fraction of sp³-hybridized carbons (Fsp3) is 0.462. The number of hydrogen-bond acceptors (Lipinski definition) is 4. The number of carbonyl (C=O) groups excluding carboxylic acids is 1. The van der Waals surface area contributed by atoms with Gasteiger partial charge < -0.3 is 20.5 Å². The van der Waals surface area contributed by atoms with Gasteiger partial charge in [0.1, 0.15) is 0 Å². The maximum Gasteiger partial charge on any atom is 0.236 e. The van der Waals surface area contributed by atoms with Crippen LogP contribution in [0.4, 0.5) is 0 Å². The second-order valence-electron chi connectivity index (χ2n) is 4.88. The minimum atomic E-state index is -0.467. The summed E-state index contributed by atoms with van der Waals surface area (Å²) in [7, 11) is 0. The molecule has 2 aliphatic rings. The van der Waals surface area contributed by atoms with E-state index < -0.39 is 6.04 Å². The largest absolute Gasteiger partial charge is 0.454 e. The fourth-order valence-corrected chi connectivity index (χ4v) is 2.44. The van der Waals surface area contributed by atoms with Crippen molar-refractivity contribution in [3.63, 3.8) is 0 Å². The topological polar surface area (TPSA) is 73.6 Å². The van der Waals surface area contributed by atoms with Crippen molar-refractivity contribution < 1.29 is 14.3 Å². The molecule has 5 heteroatoms. The summed E-state index contributed by atoms with van der Waals surface area (Å²) in [5.74, 6) is 1.49. The average Bonchev–Trinajstić information content (AvgIpc) is 2.89. The molecule has 1 aromatic carbocycles. The number of benzene rings is 1. The van der Waals surface area contributed by atoms with E-state index in [1.165, 1.54) is 11.1 Å². The van der Waals surface area contributed by atoms with Crippen LogP contribution in [0.25, 0.3) is 0 Å². The van der Waals surface area contributed by atoms with Gasteiger partial charge in [0.2, 0.25) is 12.7 Å². The molecule has 96 valence electrons. The third-order valence-electron chi connectivity index (χ3n) is 3.39. The molecule has 5 nitrogen and oxygen atoms in total. The van der Waals surface area contributed by atoms with Crippen molar-refractivity contribution in [2.75, 3.05) is 6.79 Å². The molecule has 0 fully saturated rings. The van der Waals surface area contributed by atoms with Crippen LogP contribution in [0.1, 0.15) is 18.1 Å². The SMILES string of the molecule is CC(N)C(=O)NC1Cc2cc3c(cc2C1)OCO3. The monoisotopic (exact) mass is 248 g/mol. The Hall–Kier alpha value is -1.75. The predicted molar refractivity (Wildman–Crippen MR) is 65.6 cm³/mol. The van der Waals surface area contributed by atoms with Gasteiger partial charge in [-0.2, -0.15) is 0 Å². The van der Waals surface area contributed by atoms with Crippen LogP contribution < -0.4 is 20.5 Å². The second-order valence-corrected chi connectivity index (χ2v) is 4.88. The number of nitrogens with one attached hydrogen (secondary N) is 1. The Balaban J connectivity index is 1.74. The van der Waals surface area contributed by atoms with E-state index in [4.69, 9.17) is 15.2 Å². The van der Waals surface area contributed by atoms with E-state index in [1.54, 1.807) is 6.92 Å². The summed E-state index contributed by atoms with van der Waals surface area (Å²) in [6, 6.07) is 3.68. The molecule has 0 saturated heterocycles. The van der Waals surface area contributed by atoms with Crippen LogP contribution in [0.3, 0.4) is 0 Å². The minimum absolute atomic E-state index is 0.104. The molecule has 18 heavy (non-hydrogen) atoms. The third-order valence-corrected chi connectivity index (χ3v) is 3.39. The molecule has 3 rings (SSSR count). The molecule has 1 heterocycles. The Labute approximate surface area is 105 Å². The Kier molecular flexibility index (Phi) is 2.63. The highest BCUT2D eigenvalue weighted by Crippen LogP contribution is 2.37. The highest BCUT2D eigenvalue weighted by atomic mass is 16.7. The van der Waals surface area contributed by atoms with Gasteiger partial charge >= 0.3 is 0 Å². The van der Waals surface area contributed by atoms with Crippen LogP contribution in [0.2, 0.25) is 0 Å². The maximum atomic E-state index is 11.6. The first-order valence-electron chi connectivity index (χ1n) is 6.11. The van der Waals surface area contributed by atoms with E-state index >= 15 is 0 Å². The quantitative estimate of drug-likeness (QED) is 0.792. The standard InChI is InChI=1S/C13H16N2O3/c1-7(14)13(16)15-10-2-8-4-11-12(18-6-17-11)5-9(8)3-10/h4-5,7,10H,2-3,6,14H2,1H3,(H,15,16). The lowest BCUT2D eigenvalue weighted by atomic mass is 10.1. The molecule has 1 atom stereocenters. The molecule has 1 unspecified atom stereocenters. The van der Waals surface area contributed by atoms with Gasteiger partial charge in [-0.1, -0.05) is 0 Å². The lowest BCUT2D eigenvalue weighted by Gasteiger charge is -2.13. The zero-order valence-corrected chi connectivity index (χ0v) is 10.2. The van der Waals surface area contributed by atoms with Crippen molar-refractivity contribution >= 4 is 5.91 Å². The number of ether oxygens (including phenoxy) is 2. The van der Waals surface area contributed by atoms with Crippen LogP contribution in [0, 0.1) is 0 Å². The molecule has 0 spiro atoms. The van der Waals surface area contributed by atoms with E-state index in [0.29, 0.717) is 6.79 Å². The van der Waals surface area contributed by atoms with Gasteiger partial charge in [0, 0.05) is 6.04 Å². The third kappa shape index (κ3) is 1.90. The predicted octanol–water partition coefficient (Wildman–Crippen LogP) is 0.346. The molecular formula is C13H16N2O3. The van der Waals surface area contributed by atoms with Crippen LogP contribution >= 0.6 is 0 Å². The van der Waals surface area contributed by atoms with Gasteiger partial charge in [-0.25, -0.2) is 0 Å². The number of rotatable bonds is 2. The number of amides is 1. The molecule has 1 aliphatic carbocycles. The maximum absolute atomic E-state index is 11.6. The Bertz CT molecular complexity index is 466. The van der Waals surface area contributed by atoms with E-state index in [2.05, 4.69) is 5.32 Å². The summed E-state index contributed by atoms with van der Waals surface area (Å²) >= 11 is 0. The highest BCUT2D eigenvalue weighted by molar-refractivity contribution is 5.81. The lowest BCUT2D eigenvalue weighted by Crippen LogP contribution is -2.44. The van der Waals surface area contributed by atoms with Crippen molar-refractivity contribution in [1.29, 1.82) is 0 Å². The second kappa shape index (κ2) is 4.17. The summed E-state index contributed by atoms with van der Waals surface area (Å²) in [4.78, 5) is 11.6. The van der Waals surface area contributed by atoms with Gasteiger partial charge in [-0.15, -0.1) is 0 Å². The molecule has 0 bridgehead atoms. The number of fused-ring (bicyclic) bond motifs is 2. The number of nitrogens with two attached hydrogens (primary N) is 1. The molecule has 3 N–H and O–H groups in total. The molecule has 0 aromatic heterocycles. The van der Waals surface area contributed by atoms with Gasteiger partial charge in [0.05, 0.1) is 6.04 Å². The summed E-state index contributed by atoms with van der Waals surface area (Å²) < 4.78 is 10.7. The molecule has 1 amide bonds. The van der Waals surface area contributed by atoms with Crippen molar-refractivity contribution in [3.05, 3.63) is 23.3 Å². The number of hydrogen-bond donors (Lipinski definition) is 2. The smallest absolute Gasteiger partial charge is 0.236 e. The van der Waals surface area contributed by atoms with Crippen LogP contribution in [-0.4, -0.2) is 24.8 Å². The summed E-state index contributed by atoms with van der Waals surface area (Å²) in [6.45, 7) is 1.98. The summed E-state index contributed by atoms with van der Waals surface area (Å²) in [5.41, 5.74) is 7.98. The molecule has 0 radical (unpaired) electrons. The molecule has 0 saturated carbocycles. The van der Waals surface area contributed by atoms with E-state index in [9.17, 15) is 4.79 Å². The Morgan fingerprint density at radius 1 is 1.33 bits per heavy atom. The first-order chi connectivity index (χ1) is 8.63. The van der Waals surface area contributed by atoms with Gasteiger partial charge in [-0.3, -0.25) is 4.79 Å².